The SMILES string of the molecule is CC(=O)OCCCCCOC(F)(F)[Se]c1ccccc1. The molecule has 0 aliphatic carbocycles. The third-order valence-electron chi connectivity index (χ3n) is 2.34. The number of carbonyl (C=O) groups excluding carboxylic acids is 1. The zero-order chi connectivity index (χ0) is 14.8. The molecule has 1 aromatic rings. The van der Waals surface area contributed by atoms with Gasteiger partial charge in [0.25, 0.3) is 0 Å². The Morgan fingerprint density at radius 2 is 1.80 bits per heavy atom. The number of hydrogen-bond donors (Lipinski definition) is 0. The summed E-state index contributed by atoms with van der Waals surface area (Å²) in [5, 5.41) is -3.08. The summed E-state index contributed by atoms with van der Waals surface area (Å²) in [5.41, 5.74) is 0. The van der Waals surface area contributed by atoms with Crippen LogP contribution < -0.4 is 4.46 Å². The molecule has 3 nitrogen and oxygen atoms in total. The molecule has 0 aliphatic heterocycles. The van der Waals surface area contributed by atoms with Crippen molar-refractivity contribution in [3.05, 3.63) is 30.3 Å². The van der Waals surface area contributed by atoms with Crippen molar-refractivity contribution >= 4 is 25.4 Å². The average Bonchev–Trinajstić information content (AvgIpc) is 2.37. The molecule has 1 aromatic carbocycles. The summed E-state index contributed by atoms with van der Waals surface area (Å²) in [4.78, 5) is 10.5. The molecule has 0 saturated heterocycles. The average molecular weight is 351 g/mol. The van der Waals surface area contributed by atoms with E-state index in [9.17, 15) is 13.6 Å². The van der Waals surface area contributed by atoms with Crippen LogP contribution in [-0.4, -0.2) is 39.1 Å². The van der Waals surface area contributed by atoms with Crippen molar-refractivity contribution in [1.29, 1.82) is 0 Å². The van der Waals surface area contributed by atoms with Crippen molar-refractivity contribution in [2.45, 2.75) is 31.2 Å². The molecule has 1 rings (SSSR count). The monoisotopic (exact) mass is 352 g/mol. The van der Waals surface area contributed by atoms with E-state index >= 15 is 0 Å². The number of esters is 1. The molecule has 6 heteroatoms. The summed E-state index contributed by atoms with van der Waals surface area (Å²) < 4.78 is 37.1. The summed E-state index contributed by atoms with van der Waals surface area (Å²) in [7, 11) is 0. The predicted octanol–water partition coefficient (Wildman–Crippen LogP) is 2.32. The van der Waals surface area contributed by atoms with E-state index in [4.69, 9.17) is 4.74 Å². The van der Waals surface area contributed by atoms with Gasteiger partial charge in [0, 0.05) is 0 Å². The van der Waals surface area contributed by atoms with Crippen molar-refractivity contribution < 1.29 is 23.0 Å². The fourth-order valence-electron chi connectivity index (χ4n) is 1.44. The molecule has 0 unspecified atom stereocenters. The zero-order valence-corrected chi connectivity index (χ0v) is 13.0. The molecular formula is C14H18F2O3Se. The number of benzene rings is 1. The topological polar surface area (TPSA) is 35.5 Å². The Balaban J connectivity index is 2.12. The summed E-state index contributed by atoms with van der Waals surface area (Å²) in [6.45, 7) is 1.69. The molecule has 112 valence electrons. The van der Waals surface area contributed by atoms with E-state index in [0.29, 0.717) is 30.3 Å². The second-order valence-electron chi connectivity index (χ2n) is 4.13. The van der Waals surface area contributed by atoms with Gasteiger partial charge in [-0.3, -0.25) is 0 Å². The van der Waals surface area contributed by atoms with Gasteiger partial charge in [-0.25, -0.2) is 0 Å². The molecule has 0 heterocycles. The first-order valence-electron chi connectivity index (χ1n) is 6.39. The predicted molar refractivity (Wildman–Crippen MR) is 73.2 cm³/mol. The van der Waals surface area contributed by atoms with Gasteiger partial charge in [-0.2, -0.15) is 0 Å². The number of carbonyl (C=O) groups is 1. The second-order valence-corrected chi connectivity index (χ2v) is 6.54. The Bertz CT molecular complexity index is 399. The molecule has 0 N–H and O–H groups in total. The first kappa shape index (κ1) is 17.1. The third kappa shape index (κ3) is 8.25. The van der Waals surface area contributed by atoms with Crippen LogP contribution in [0.25, 0.3) is 0 Å². The molecule has 0 spiro atoms. The molecule has 0 bridgehead atoms. The molecule has 20 heavy (non-hydrogen) atoms. The Morgan fingerprint density at radius 1 is 1.15 bits per heavy atom. The number of ether oxygens (including phenoxy) is 2. The molecule has 0 aliphatic rings. The van der Waals surface area contributed by atoms with Crippen molar-refractivity contribution in [1.82, 2.24) is 0 Å². The van der Waals surface area contributed by atoms with Crippen LogP contribution in [0, 0.1) is 0 Å². The van der Waals surface area contributed by atoms with Gasteiger partial charge >= 0.3 is 123 Å². The van der Waals surface area contributed by atoms with Crippen LogP contribution in [0.3, 0.4) is 0 Å². The number of halogens is 2. The second kappa shape index (κ2) is 9.06. The Kier molecular flexibility index (Phi) is 7.73. The quantitative estimate of drug-likeness (QED) is 0.389. The van der Waals surface area contributed by atoms with Crippen LogP contribution in [-0.2, 0) is 14.3 Å². The van der Waals surface area contributed by atoms with Gasteiger partial charge in [0.2, 0.25) is 0 Å². The summed E-state index contributed by atoms with van der Waals surface area (Å²) in [6.07, 6.45) is 1.89. The van der Waals surface area contributed by atoms with Gasteiger partial charge in [0.1, 0.15) is 0 Å². The van der Waals surface area contributed by atoms with Crippen LogP contribution in [0.5, 0.6) is 0 Å². The number of alkyl halides is 2. The number of unbranched alkanes of at least 4 members (excludes halogenated alkanes) is 2. The van der Waals surface area contributed by atoms with Gasteiger partial charge < -0.3 is 0 Å². The van der Waals surface area contributed by atoms with E-state index in [1.165, 1.54) is 6.92 Å². The van der Waals surface area contributed by atoms with Crippen LogP contribution in [0.2, 0.25) is 0 Å². The Morgan fingerprint density at radius 3 is 2.45 bits per heavy atom. The van der Waals surface area contributed by atoms with Gasteiger partial charge in [0.15, 0.2) is 0 Å². The fraction of sp³-hybridized carbons (Fsp3) is 0.500. The Labute approximate surface area is 123 Å². The number of rotatable bonds is 9. The van der Waals surface area contributed by atoms with Gasteiger partial charge in [-0.1, -0.05) is 0 Å². The molecule has 0 aromatic heterocycles. The summed E-state index contributed by atoms with van der Waals surface area (Å²) in [5.74, 6) is -0.321. The van der Waals surface area contributed by atoms with Crippen LogP contribution in [0.1, 0.15) is 26.2 Å². The number of hydrogen-bond acceptors (Lipinski definition) is 3. The summed E-state index contributed by atoms with van der Waals surface area (Å²) >= 11 is -1.02. The first-order chi connectivity index (χ1) is 9.49. The zero-order valence-electron chi connectivity index (χ0n) is 11.3. The van der Waals surface area contributed by atoms with Crippen LogP contribution in [0.15, 0.2) is 30.3 Å². The van der Waals surface area contributed by atoms with Crippen molar-refractivity contribution in [3.8, 4) is 0 Å². The third-order valence-corrected chi connectivity index (χ3v) is 4.16. The van der Waals surface area contributed by atoms with Crippen LogP contribution in [0.4, 0.5) is 8.78 Å². The molecule has 0 amide bonds. The van der Waals surface area contributed by atoms with Gasteiger partial charge in [0.05, 0.1) is 0 Å². The van der Waals surface area contributed by atoms with E-state index in [0.717, 1.165) is 0 Å². The minimum absolute atomic E-state index is 0.0155. The van der Waals surface area contributed by atoms with E-state index in [-0.39, 0.29) is 12.6 Å². The van der Waals surface area contributed by atoms with E-state index in [2.05, 4.69) is 4.74 Å². The van der Waals surface area contributed by atoms with Crippen molar-refractivity contribution in [2.24, 2.45) is 0 Å². The maximum absolute atomic E-state index is 13.5. The standard InChI is InChI=1S/C14H18F2O3Se/c1-12(17)18-10-6-3-7-11-19-14(15,16)20-13-8-4-2-5-9-13/h2,4-5,8-9H,3,6-7,10-11H2,1H3. The molecule has 0 atom stereocenters. The van der Waals surface area contributed by atoms with E-state index in [1.807, 2.05) is 0 Å². The van der Waals surface area contributed by atoms with Gasteiger partial charge in [-0.05, 0) is 0 Å². The summed E-state index contributed by atoms with van der Waals surface area (Å²) in [6, 6.07) is 8.62. The van der Waals surface area contributed by atoms with Crippen molar-refractivity contribution in [2.75, 3.05) is 13.2 Å². The molecule has 0 radical (unpaired) electrons. The van der Waals surface area contributed by atoms with Crippen LogP contribution >= 0.6 is 0 Å². The first-order valence-corrected chi connectivity index (χ1v) is 8.10. The van der Waals surface area contributed by atoms with Crippen molar-refractivity contribution in [3.63, 3.8) is 0 Å². The normalized spacial score (nSPS) is 11.3. The van der Waals surface area contributed by atoms with Gasteiger partial charge in [-0.15, -0.1) is 0 Å². The Hall–Kier alpha value is -0.971. The molecule has 0 saturated carbocycles. The fourth-order valence-corrected chi connectivity index (χ4v) is 2.93. The maximum atomic E-state index is 13.5. The van der Waals surface area contributed by atoms with E-state index in [1.54, 1.807) is 30.3 Å². The van der Waals surface area contributed by atoms with E-state index < -0.39 is 20.0 Å². The molecular weight excluding hydrogens is 333 g/mol. The molecule has 0 fully saturated rings. The minimum atomic E-state index is -3.08.